The predicted molar refractivity (Wildman–Crippen MR) is 102 cm³/mol. The Morgan fingerprint density at radius 2 is 2.00 bits per heavy atom. The van der Waals surface area contributed by atoms with E-state index in [0.29, 0.717) is 11.7 Å². The Kier molecular flexibility index (Phi) is 4.81. The van der Waals surface area contributed by atoms with Gasteiger partial charge in [0.2, 0.25) is 0 Å². The molecule has 0 bridgehead atoms. The number of rotatable bonds is 4. The summed E-state index contributed by atoms with van der Waals surface area (Å²) in [5.74, 6) is -0.219. The Bertz CT molecular complexity index is 885. The zero-order valence-corrected chi connectivity index (χ0v) is 14.6. The lowest BCUT2D eigenvalue weighted by atomic mass is 10.1. The Morgan fingerprint density at radius 1 is 1.17 bits per heavy atom. The van der Waals surface area contributed by atoms with Gasteiger partial charge in [0.15, 0.2) is 5.11 Å². The summed E-state index contributed by atoms with van der Waals surface area (Å²) < 4.78 is 13.4. The van der Waals surface area contributed by atoms with Gasteiger partial charge in [0.25, 0.3) is 0 Å². The highest BCUT2D eigenvalue weighted by molar-refractivity contribution is 7.80. The van der Waals surface area contributed by atoms with E-state index in [9.17, 15) is 4.39 Å². The number of hydrogen-bond acceptors (Lipinski definition) is 1. The van der Waals surface area contributed by atoms with E-state index in [-0.39, 0.29) is 5.82 Å². The van der Waals surface area contributed by atoms with Gasteiger partial charge in [-0.3, -0.25) is 0 Å². The number of H-pyrrole nitrogens is 1. The molecule has 0 aliphatic heterocycles. The van der Waals surface area contributed by atoms with Crippen molar-refractivity contribution in [1.82, 2.24) is 10.3 Å². The minimum atomic E-state index is -0.219. The number of aromatic amines is 1. The molecule has 0 saturated heterocycles. The molecule has 0 saturated carbocycles. The molecular formula is C19H20FN3S. The van der Waals surface area contributed by atoms with Crippen molar-refractivity contribution in [2.75, 3.05) is 11.9 Å². The second-order valence-corrected chi connectivity index (χ2v) is 6.36. The summed E-state index contributed by atoms with van der Waals surface area (Å²) in [6.45, 7) is 4.78. The topological polar surface area (TPSA) is 39.8 Å². The molecule has 0 radical (unpaired) electrons. The predicted octanol–water partition coefficient (Wildman–Crippen LogP) is 4.45. The summed E-state index contributed by atoms with van der Waals surface area (Å²) in [5.41, 5.74) is 5.37. The number of benzene rings is 2. The van der Waals surface area contributed by atoms with Gasteiger partial charge in [-0.05, 0) is 73.4 Å². The van der Waals surface area contributed by atoms with Crippen LogP contribution in [-0.2, 0) is 6.42 Å². The maximum atomic E-state index is 13.4. The minimum absolute atomic E-state index is 0.219. The van der Waals surface area contributed by atoms with Crippen LogP contribution in [0.4, 0.5) is 10.1 Å². The lowest BCUT2D eigenvalue weighted by Gasteiger charge is -2.13. The second kappa shape index (κ2) is 7.01. The van der Waals surface area contributed by atoms with Crippen LogP contribution in [0.5, 0.6) is 0 Å². The number of aromatic nitrogens is 1. The molecule has 0 amide bonds. The van der Waals surface area contributed by atoms with Gasteiger partial charge in [-0.25, -0.2) is 4.39 Å². The zero-order valence-electron chi connectivity index (χ0n) is 13.7. The normalized spacial score (nSPS) is 10.8. The highest BCUT2D eigenvalue weighted by Crippen LogP contribution is 2.20. The van der Waals surface area contributed by atoms with Crippen LogP contribution < -0.4 is 10.6 Å². The smallest absolute Gasteiger partial charge is 0.170 e. The van der Waals surface area contributed by atoms with Crippen LogP contribution in [0.25, 0.3) is 10.9 Å². The fourth-order valence-corrected chi connectivity index (χ4v) is 2.92. The van der Waals surface area contributed by atoms with E-state index in [2.05, 4.69) is 40.7 Å². The molecule has 1 aromatic heterocycles. The van der Waals surface area contributed by atoms with Crippen LogP contribution in [0.1, 0.15) is 16.7 Å². The van der Waals surface area contributed by atoms with Crippen LogP contribution in [0, 0.1) is 19.7 Å². The molecule has 1 heterocycles. The monoisotopic (exact) mass is 341 g/mol. The maximum Gasteiger partial charge on any atom is 0.170 e. The number of halogens is 1. The summed E-state index contributed by atoms with van der Waals surface area (Å²) in [5, 5.41) is 7.95. The summed E-state index contributed by atoms with van der Waals surface area (Å²) in [4.78, 5) is 3.16. The first kappa shape index (κ1) is 16.5. The number of aryl methyl sites for hydroxylation is 2. The first-order chi connectivity index (χ1) is 11.5. The highest BCUT2D eigenvalue weighted by atomic mass is 32.1. The molecule has 0 unspecified atom stereocenters. The molecular weight excluding hydrogens is 321 g/mol. The standard InChI is InChI=1S/C19H20FN3S/c1-12-3-4-13(2)18(9-12)23-19(24)21-8-7-14-11-22-17-6-5-15(20)10-16(14)17/h3-6,9-11,22H,7-8H2,1-2H3,(H2,21,23,24). The highest BCUT2D eigenvalue weighted by Gasteiger charge is 2.06. The van der Waals surface area contributed by atoms with Crippen LogP contribution >= 0.6 is 12.2 Å². The molecule has 0 fully saturated rings. The van der Waals surface area contributed by atoms with Gasteiger partial charge in [-0.2, -0.15) is 0 Å². The van der Waals surface area contributed by atoms with E-state index in [1.807, 2.05) is 13.1 Å². The van der Waals surface area contributed by atoms with Gasteiger partial charge in [-0.1, -0.05) is 12.1 Å². The molecule has 0 aliphatic carbocycles. The van der Waals surface area contributed by atoms with Crippen LogP contribution in [0.3, 0.4) is 0 Å². The van der Waals surface area contributed by atoms with Crippen LogP contribution in [0.2, 0.25) is 0 Å². The molecule has 24 heavy (non-hydrogen) atoms. The molecule has 0 spiro atoms. The first-order valence-corrected chi connectivity index (χ1v) is 8.31. The fraction of sp³-hybridized carbons (Fsp3) is 0.211. The van der Waals surface area contributed by atoms with Crippen LogP contribution in [-0.4, -0.2) is 16.6 Å². The van der Waals surface area contributed by atoms with E-state index in [1.54, 1.807) is 12.1 Å². The van der Waals surface area contributed by atoms with Crippen molar-refractivity contribution in [3.8, 4) is 0 Å². The summed E-state index contributed by atoms with van der Waals surface area (Å²) >= 11 is 5.36. The Morgan fingerprint density at radius 3 is 2.83 bits per heavy atom. The van der Waals surface area contributed by atoms with Crippen molar-refractivity contribution >= 4 is 33.9 Å². The third-order valence-corrected chi connectivity index (χ3v) is 4.30. The van der Waals surface area contributed by atoms with Gasteiger partial charge in [0.1, 0.15) is 5.82 Å². The summed E-state index contributed by atoms with van der Waals surface area (Å²) in [6, 6.07) is 11.0. The number of anilines is 1. The molecule has 0 atom stereocenters. The van der Waals surface area contributed by atoms with Crippen molar-refractivity contribution in [1.29, 1.82) is 0 Å². The summed E-state index contributed by atoms with van der Waals surface area (Å²) in [7, 11) is 0. The maximum absolute atomic E-state index is 13.4. The number of thiocarbonyl (C=S) groups is 1. The molecule has 3 rings (SSSR count). The lowest BCUT2D eigenvalue weighted by molar-refractivity contribution is 0.629. The van der Waals surface area contributed by atoms with Gasteiger partial charge in [-0.15, -0.1) is 0 Å². The summed E-state index contributed by atoms with van der Waals surface area (Å²) in [6.07, 6.45) is 2.69. The SMILES string of the molecule is Cc1ccc(C)c(NC(=S)NCCc2c[nH]c3ccc(F)cc23)c1. The third kappa shape index (κ3) is 3.74. The third-order valence-electron chi connectivity index (χ3n) is 4.05. The van der Waals surface area contributed by atoms with E-state index in [4.69, 9.17) is 12.2 Å². The second-order valence-electron chi connectivity index (χ2n) is 5.95. The van der Waals surface area contributed by atoms with Gasteiger partial charge < -0.3 is 15.6 Å². The largest absolute Gasteiger partial charge is 0.362 e. The Hall–Kier alpha value is -2.40. The Labute approximate surface area is 146 Å². The number of hydrogen-bond donors (Lipinski definition) is 3. The van der Waals surface area contributed by atoms with E-state index >= 15 is 0 Å². The van der Waals surface area contributed by atoms with Gasteiger partial charge in [0.05, 0.1) is 0 Å². The average molecular weight is 341 g/mol. The molecule has 0 aliphatic rings. The molecule has 3 nitrogen and oxygen atoms in total. The van der Waals surface area contributed by atoms with Gasteiger partial charge >= 0.3 is 0 Å². The first-order valence-electron chi connectivity index (χ1n) is 7.90. The van der Waals surface area contributed by atoms with Crippen molar-refractivity contribution in [2.45, 2.75) is 20.3 Å². The average Bonchev–Trinajstić information content (AvgIpc) is 2.93. The number of nitrogens with one attached hydrogen (secondary N) is 3. The molecule has 3 aromatic rings. The zero-order chi connectivity index (χ0) is 17.1. The molecule has 124 valence electrons. The quantitative estimate of drug-likeness (QED) is 0.614. The van der Waals surface area contributed by atoms with Gasteiger partial charge in [0, 0.05) is 29.3 Å². The molecule has 5 heteroatoms. The van der Waals surface area contributed by atoms with Crippen molar-refractivity contribution in [3.05, 3.63) is 65.1 Å². The number of fused-ring (bicyclic) bond motifs is 1. The molecule has 2 aromatic carbocycles. The minimum Gasteiger partial charge on any atom is -0.362 e. The Balaban J connectivity index is 1.58. The van der Waals surface area contributed by atoms with Crippen LogP contribution in [0.15, 0.2) is 42.6 Å². The van der Waals surface area contributed by atoms with Crippen molar-refractivity contribution < 1.29 is 4.39 Å². The lowest BCUT2D eigenvalue weighted by Crippen LogP contribution is -2.30. The fourth-order valence-electron chi connectivity index (χ4n) is 2.71. The van der Waals surface area contributed by atoms with Crippen molar-refractivity contribution in [3.63, 3.8) is 0 Å². The van der Waals surface area contributed by atoms with E-state index in [1.165, 1.54) is 11.6 Å². The van der Waals surface area contributed by atoms with E-state index in [0.717, 1.165) is 34.1 Å². The van der Waals surface area contributed by atoms with E-state index < -0.39 is 0 Å². The van der Waals surface area contributed by atoms with Crippen molar-refractivity contribution in [2.24, 2.45) is 0 Å². The molecule has 3 N–H and O–H groups in total.